The van der Waals surface area contributed by atoms with Crippen LogP contribution in [0.15, 0.2) is 24.5 Å². The van der Waals surface area contributed by atoms with E-state index in [0.717, 1.165) is 57.8 Å². The van der Waals surface area contributed by atoms with Crippen molar-refractivity contribution in [1.82, 2.24) is 20.1 Å². The Labute approximate surface area is 213 Å². The Morgan fingerprint density at radius 3 is 2.33 bits per heavy atom. The standard InChI is InChI=1S/C27H39N5O4/c28-24(33)22(16-19-8-3-1-4-9-19)30-25(34)23-18-31(26(35)21-12-7-13-29-17-21)14-15-32(23)27(36)20-10-5-2-6-11-20/h7,12-13,17,19-20,22-23H,1-6,8-11,14-16,18H2,(H2,28,33)(H,30,34)/t22-,23-/m0/s1. The van der Waals surface area contributed by atoms with Gasteiger partial charge in [-0.05, 0) is 37.3 Å². The quantitative estimate of drug-likeness (QED) is 0.598. The number of primary amides is 1. The molecule has 2 atom stereocenters. The summed E-state index contributed by atoms with van der Waals surface area (Å²) in [6.07, 6.45) is 13.9. The second-order valence-electron chi connectivity index (χ2n) is 10.6. The number of nitrogens with one attached hydrogen (secondary N) is 1. The zero-order chi connectivity index (χ0) is 25.5. The molecule has 3 fully saturated rings. The summed E-state index contributed by atoms with van der Waals surface area (Å²) < 4.78 is 0. The van der Waals surface area contributed by atoms with Crippen molar-refractivity contribution < 1.29 is 19.2 Å². The van der Waals surface area contributed by atoms with E-state index in [9.17, 15) is 19.2 Å². The van der Waals surface area contributed by atoms with Gasteiger partial charge in [0.2, 0.25) is 17.7 Å². The summed E-state index contributed by atoms with van der Waals surface area (Å²) in [7, 11) is 0. The Bertz CT molecular complexity index is 927. The van der Waals surface area contributed by atoms with Crippen LogP contribution in [0.25, 0.3) is 0 Å². The van der Waals surface area contributed by atoms with Gasteiger partial charge in [-0.1, -0.05) is 51.4 Å². The van der Waals surface area contributed by atoms with E-state index in [1.54, 1.807) is 28.1 Å². The summed E-state index contributed by atoms with van der Waals surface area (Å²) >= 11 is 0. The van der Waals surface area contributed by atoms with Crippen LogP contribution in [0.4, 0.5) is 0 Å². The summed E-state index contributed by atoms with van der Waals surface area (Å²) in [5.74, 6) is -0.957. The predicted octanol–water partition coefficient (Wildman–Crippen LogP) is 2.26. The molecule has 0 bridgehead atoms. The third-order valence-corrected chi connectivity index (χ3v) is 8.07. The fourth-order valence-electron chi connectivity index (χ4n) is 5.98. The molecule has 9 heteroatoms. The van der Waals surface area contributed by atoms with Gasteiger partial charge in [0.1, 0.15) is 12.1 Å². The summed E-state index contributed by atoms with van der Waals surface area (Å²) in [5.41, 5.74) is 6.13. The van der Waals surface area contributed by atoms with Crippen LogP contribution >= 0.6 is 0 Å². The number of carbonyl (C=O) groups is 4. The van der Waals surface area contributed by atoms with E-state index >= 15 is 0 Å². The molecule has 0 unspecified atom stereocenters. The van der Waals surface area contributed by atoms with Gasteiger partial charge in [0.05, 0.1) is 12.1 Å². The molecule has 1 aliphatic heterocycles. The summed E-state index contributed by atoms with van der Waals surface area (Å²) in [6.45, 7) is 0.702. The number of hydrogen-bond donors (Lipinski definition) is 2. The zero-order valence-corrected chi connectivity index (χ0v) is 21.1. The molecule has 3 aliphatic rings. The van der Waals surface area contributed by atoms with Gasteiger partial charge in [-0.2, -0.15) is 0 Å². The largest absolute Gasteiger partial charge is 0.368 e. The van der Waals surface area contributed by atoms with E-state index in [0.29, 0.717) is 24.4 Å². The molecule has 1 saturated heterocycles. The maximum Gasteiger partial charge on any atom is 0.255 e. The van der Waals surface area contributed by atoms with E-state index in [4.69, 9.17) is 5.73 Å². The maximum atomic E-state index is 13.6. The zero-order valence-electron chi connectivity index (χ0n) is 21.1. The molecule has 0 radical (unpaired) electrons. The SMILES string of the molecule is NC(=O)[C@H](CC1CCCCC1)NC(=O)[C@@H]1CN(C(=O)c2cccnc2)CCN1C(=O)C1CCCCC1. The Kier molecular flexibility index (Phi) is 8.93. The normalized spacial score (nSPS) is 22.6. The van der Waals surface area contributed by atoms with Crippen LogP contribution in [0.2, 0.25) is 0 Å². The first-order chi connectivity index (χ1) is 17.4. The lowest BCUT2D eigenvalue weighted by molar-refractivity contribution is -0.147. The number of amides is 4. The van der Waals surface area contributed by atoms with Crippen molar-refractivity contribution in [3.05, 3.63) is 30.1 Å². The minimum Gasteiger partial charge on any atom is -0.368 e. The van der Waals surface area contributed by atoms with Crippen LogP contribution in [0.3, 0.4) is 0 Å². The number of rotatable bonds is 7. The molecule has 196 valence electrons. The van der Waals surface area contributed by atoms with Crippen LogP contribution in [0.1, 0.15) is 81.0 Å². The third kappa shape index (κ3) is 6.42. The predicted molar refractivity (Wildman–Crippen MR) is 135 cm³/mol. The third-order valence-electron chi connectivity index (χ3n) is 8.07. The van der Waals surface area contributed by atoms with E-state index < -0.39 is 23.9 Å². The Hall–Kier alpha value is -2.97. The van der Waals surface area contributed by atoms with Gasteiger partial charge in [-0.15, -0.1) is 0 Å². The van der Waals surface area contributed by atoms with E-state index in [1.807, 2.05) is 0 Å². The highest BCUT2D eigenvalue weighted by atomic mass is 16.2. The Morgan fingerprint density at radius 2 is 1.69 bits per heavy atom. The molecule has 9 nitrogen and oxygen atoms in total. The Balaban J connectivity index is 1.50. The molecule has 36 heavy (non-hydrogen) atoms. The van der Waals surface area contributed by atoms with Crippen molar-refractivity contribution >= 4 is 23.6 Å². The first-order valence-electron chi connectivity index (χ1n) is 13.5. The fourth-order valence-corrected chi connectivity index (χ4v) is 5.98. The van der Waals surface area contributed by atoms with Crippen molar-refractivity contribution in [1.29, 1.82) is 0 Å². The summed E-state index contributed by atoms with van der Waals surface area (Å²) in [5, 5.41) is 2.86. The average molecular weight is 498 g/mol. The van der Waals surface area contributed by atoms with Crippen molar-refractivity contribution in [2.45, 2.75) is 82.7 Å². The minimum atomic E-state index is -0.859. The van der Waals surface area contributed by atoms with Crippen LogP contribution < -0.4 is 11.1 Å². The van der Waals surface area contributed by atoms with Gasteiger partial charge in [-0.25, -0.2) is 0 Å². The summed E-state index contributed by atoms with van der Waals surface area (Å²) in [6, 6.07) is 1.75. The lowest BCUT2D eigenvalue weighted by Crippen LogP contribution is -2.64. The molecule has 2 heterocycles. The van der Waals surface area contributed by atoms with Crippen LogP contribution in [-0.4, -0.2) is 70.1 Å². The van der Waals surface area contributed by atoms with Gasteiger partial charge in [0.25, 0.3) is 5.91 Å². The molecule has 4 rings (SSSR count). The summed E-state index contributed by atoms with van der Waals surface area (Å²) in [4.78, 5) is 59.7. The number of carbonyl (C=O) groups excluding carboxylic acids is 4. The molecule has 1 aromatic heterocycles. The molecule has 3 N–H and O–H groups in total. The van der Waals surface area contributed by atoms with Gasteiger partial charge in [0, 0.05) is 31.4 Å². The van der Waals surface area contributed by atoms with E-state index in [-0.39, 0.29) is 30.8 Å². The number of nitrogens with two attached hydrogens (primary N) is 1. The number of aromatic nitrogens is 1. The number of pyridine rings is 1. The lowest BCUT2D eigenvalue weighted by Gasteiger charge is -2.42. The average Bonchev–Trinajstić information content (AvgIpc) is 2.93. The minimum absolute atomic E-state index is 0.0220. The maximum absolute atomic E-state index is 13.6. The molecule has 2 aliphatic carbocycles. The molecule has 4 amide bonds. The van der Waals surface area contributed by atoms with Crippen molar-refractivity contribution in [3.63, 3.8) is 0 Å². The van der Waals surface area contributed by atoms with Crippen LogP contribution in [0, 0.1) is 11.8 Å². The van der Waals surface area contributed by atoms with Crippen molar-refractivity contribution in [3.8, 4) is 0 Å². The first kappa shape index (κ1) is 26.1. The van der Waals surface area contributed by atoms with E-state index in [1.165, 1.54) is 12.6 Å². The van der Waals surface area contributed by atoms with Crippen molar-refractivity contribution in [2.75, 3.05) is 19.6 Å². The molecule has 2 saturated carbocycles. The van der Waals surface area contributed by atoms with E-state index in [2.05, 4.69) is 10.3 Å². The number of hydrogen-bond acceptors (Lipinski definition) is 5. The monoisotopic (exact) mass is 497 g/mol. The smallest absolute Gasteiger partial charge is 0.255 e. The van der Waals surface area contributed by atoms with Gasteiger partial charge in [0.15, 0.2) is 0 Å². The number of nitrogens with zero attached hydrogens (tertiary/aromatic N) is 3. The van der Waals surface area contributed by atoms with Gasteiger partial charge in [-0.3, -0.25) is 24.2 Å². The fraction of sp³-hybridized carbons (Fsp3) is 0.667. The molecule has 0 spiro atoms. The second-order valence-corrected chi connectivity index (χ2v) is 10.6. The molecule has 1 aromatic rings. The van der Waals surface area contributed by atoms with Crippen molar-refractivity contribution in [2.24, 2.45) is 17.6 Å². The van der Waals surface area contributed by atoms with Crippen LogP contribution in [-0.2, 0) is 14.4 Å². The highest BCUT2D eigenvalue weighted by molar-refractivity contribution is 5.96. The first-order valence-corrected chi connectivity index (χ1v) is 13.5. The number of piperazine rings is 1. The highest BCUT2D eigenvalue weighted by Crippen LogP contribution is 2.29. The lowest BCUT2D eigenvalue weighted by atomic mass is 9.84. The molecule has 0 aromatic carbocycles. The Morgan fingerprint density at radius 1 is 1.00 bits per heavy atom. The van der Waals surface area contributed by atoms with Crippen LogP contribution in [0.5, 0.6) is 0 Å². The molecular formula is C27H39N5O4. The second kappa shape index (κ2) is 12.3. The highest BCUT2D eigenvalue weighted by Gasteiger charge is 2.40. The molecular weight excluding hydrogens is 458 g/mol. The van der Waals surface area contributed by atoms with Gasteiger partial charge < -0.3 is 20.9 Å². The topological polar surface area (TPSA) is 126 Å². The van der Waals surface area contributed by atoms with Gasteiger partial charge >= 0.3 is 0 Å².